The first-order chi connectivity index (χ1) is 9.66. The monoisotopic (exact) mass is 286 g/mol. The molecule has 0 saturated heterocycles. The number of halogens is 1. The van der Waals surface area contributed by atoms with Gasteiger partial charge >= 0.3 is 0 Å². The van der Waals surface area contributed by atoms with Crippen LogP contribution in [0.4, 0.5) is 5.69 Å². The fourth-order valence-corrected chi connectivity index (χ4v) is 2.74. The van der Waals surface area contributed by atoms with Gasteiger partial charge < -0.3 is 4.90 Å². The Kier molecular flexibility index (Phi) is 3.47. The molecule has 2 aromatic rings. The van der Waals surface area contributed by atoms with Crippen molar-refractivity contribution in [1.29, 1.82) is 0 Å². The molecule has 2 aromatic carbocycles. The van der Waals surface area contributed by atoms with E-state index < -0.39 is 0 Å². The van der Waals surface area contributed by atoms with Crippen LogP contribution in [0.1, 0.15) is 17.2 Å². The van der Waals surface area contributed by atoms with Crippen LogP contribution in [0.25, 0.3) is 0 Å². The molecule has 0 bridgehead atoms. The Morgan fingerprint density at radius 3 is 2.70 bits per heavy atom. The van der Waals surface area contributed by atoms with Gasteiger partial charge in [-0.25, -0.2) is 0 Å². The van der Waals surface area contributed by atoms with Gasteiger partial charge in [0.05, 0.1) is 12.6 Å². The summed E-state index contributed by atoms with van der Waals surface area (Å²) in [5, 5.41) is 3.99. The minimum absolute atomic E-state index is 0.0289. The first kappa shape index (κ1) is 13.2. The average molecular weight is 287 g/mol. The van der Waals surface area contributed by atoms with Gasteiger partial charge in [0.15, 0.2) is 0 Å². The number of carbonyl (C=O) groups excluding carboxylic acids is 1. The minimum atomic E-state index is -0.0289. The van der Waals surface area contributed by atoms with E-state index in [0.717, 1.165) is 16.8 Å². The summed E-state index contributed by atoms with van der Waals surface area (Å²) in [5.74, 6) is 0.0482. The molecule has 1 amide bonds. The summed E-state index contributed by atoms with van der Waals surface area (Å²) >= 11 is 6.14. The maximum Gasteiger partial charge on any atom is 0.240 e. The molecule has 4 heteroatoms. The molecule has 3 rings (SSSR count). The van der Waals surface area contributed by atoms with Crippen LogP contribution in [0.5, 0.6) is 0 Å². The fraction of sp³-hybridized carbons (Fsp3) is 0.188. The van der Waals surface area contributed by atoms with Crippen LogP contribution >= 0.6 is 11.6 Å². The molecule has 102 valence electrons. The van der Waals surface area contributed by atoms with Crippen molar-refractivity contribution in [2.24, 2.45) is 0 Å². The second-order valence-corrected chi connectivity index (χ2v) is 5.32. The van der Waals surface area contributed by atoms with E-state index in [0.29, 0.717) is 11.6 Å². The Morgan fingerprint density at radius 2 is 1.95 bits per heavy atom. The van der Waals surface area contributed by atoms with Crippen LogP contribution < -0.4 is 10.2 Å². The maximum atomic E-state index is 12.1. The predicted molar refractivity (Wildman–Crippen MR) is 81.1 cm³/mol. The molecule has 0 radical (unpaired) electrons. The zero-order chi connectivity index (χ0) is 14.1. The summed E-state index contributed by atoms with van der Waals surface area (Å²) in [4.78, 5) is 13.8. The highest BCUT2D eigenvalue weighted by Gasteiger charge is 2.26. The molecule has 0 unspecified atom stereocenters. The maximum absolute atomic E-state index is 12.1. The number of fused-ring (bicyclic) bond motifs is 1. The van der Waals surface area contributed by atoms with Crippen LogP contribution in [-0.2, 0) is 4.79 Å². The van der Waals surface area contributed by atoms with Crippen molar-refractivity contribution < 1.29 is 4.79 Å². The molecular formula is C16H15ClN2O. The van der Waals surface area contributed by atoms with Gasteiger partial charge in [0.2, 0.25) is 5.91 Å². The molecule has 1 heterocycles. The van der Waals surface area contributed by atoms with E-state index in [9.17, 15) is 4.79 Å². The SMILES string of the molecule is CN1C(=O)CN[C@@H](c2ccccc2)c2cc(Cl)ccc21. The van der Waals surface area contributed by atoms with E-state index in [1.807, 2.05) is 36.4 Å². The molecule has 1 aliphatic heterocycles. The van der Waals surface area contributed by atoms with E-state index in [4.69, 9.17) is 11.6 Å². The standard InChI is InChI=1S/C16H15ClN2O/c1-19-14-8-7-12(17)9-13(14)16(18-10-15(19)20)11-5-3-2-4-6-11/h2-9,16,18H,10H2,1H3/t16-/m0/s1. The number of carbonyl (C=O) groups is 1. The lowest BCUT2D eigenvalue weighted by molar-refractivity contribution is -0.117. The number of rotatable bonds is 1. The van der Waals surface area contributed by atoms with Gasteiger partial charge in [-0.2, -0.15) is 0 Å². The Bertz CT molecular complexity index is 642. The Balaban J connectivity index is 2.15. The number of nitrogens with one attached hydrogen (secondary N) is 1. The predicted octanol–water partition coefficient (Wildman–Crippen LogP) is 3.00. The van der Waals surface area contributed by atoms with Gasteiger partial charge in [-0.15, -0.1) is 0 Å². The van der Waals surface area contributed by atoms with Gasteiger partial charge in [0.25, 0.3) is 0 Å². The van der Waals surface area contributed by atoms with Crippen LogP contribution in [-0.4, -0.2) is 19.5 Å². The third-order valence-electron chi connectivity index (χ3n) is 3.63. The first-order valence-corrected chi connectivity index (χ1v) is 6.89. The molecule has 1 N–H and O–H groups in total. The van der Waals surface area contributed by atoms with Gasteiger partial charge in [-0.1, -0.05) is 41.9 Å². The molecule has 1 aliphatic rings. The number of benzene rings is 2. The minimum Gasteiger partial charge on any atom is -0.314 e. The summed E-state index contributed by atoms with van der Waals surface area (Å²) in [6, 6.07) is 15.7. The van der Waals surface area contributed by atoms with Crippen molar-refractivity contribution in [2.45, 2.75) is 6.04 Å². The smallest absolute Gasteiger partial charge is 0.240 e. The summed E-state index contributed by atoms with van der Waals surface area (Å²) in [6.07, 6.45) is 0. The van der Waals surface area contributed by atoms with Gasteiger partial charge in [-0.3, -0.25) is 10.1 Å². The summed E-state index contributed by atoms with van der Waals surface area (Å²) in [7, 11) is 1.80. The molecular weight excluding hydrogens is 272 g/mol. The van der Waals surface area contributed by atoms with Gasteiger partial charge in [0, 0.05) is 17.8 Å². The normalized spacial score (nSPS) is 18.6. The second-order valence-electron chi connectivity index (χ2n) is 4.88. The quantitative estimate of drug-likeness (QED) is 0.874. The van der Waals surface area contributed by atoms with Crippen LogP contribution in [0.3, 0.4) is 0 Å². The summed E-state index contributed by atoms with van der Waals surface area (Å²) in [6.45, 7) is 0.308. The van der Waals surface area contributed by atoms with E-state index in [1.165, 1.54) is 0 Å². The van der Waals surface area contributed by atoms with E-state index in [-0.39, 0.29) is 11.9 Å². The molecule has 0 spiro atoms. The van der Waals surface area contributed by atoms with Crippen molar-refractivity contribution in [2.75, 3.05) is 18.5 Å². The molecule has 3 nitrogen and oxygen atoms in total. The number of hydrogen-bond acceptors (Lipinski definition) is 2. The Morgan fingerprint density at radius 1 is 1.20 bits per heavy atom. The second kappa shape index (κ2) is 5.27. The van der Waals surface area contributed by atoms with E-state index >= 15 is 0 Å². The van der Waals surface area contributed by atoms with Crippen LogP contribution in [0, 0.1) is 0 Å². The number of amides is 1. The molecule has 1 atom stereocenters. The molecule has 0 saturated carbocycles. The number of hydrogen-bond donors (Lipinski definition) is 1. The van der Waals surface area contributed by atoms with Crippen molar-refractivity contribution in [3.8, 4) is 0 Å². The highest BCUT2D eigenvalue weighted by atomic mass is 35.5. The molecule has 0 aliphatic carbocycles. The lowest BCUT2D eigenvalue weighted by Crippen LogP contribution is -2.33. The van der Waals surface area contributed by atoms with Crippen LogP contribution in [0.2, 0.25) is 5.02 Å². The summed E-state index contributed by atoms with van der Waals surface area (Å²) in [5.41, 5.74) is 3.05. The van der Waals surface area contributed by atoms with Crippen molar-refractivity contribution >= 4 is 23.2 Å². The van der Waals surface area contributed by atoms with E-state index in [2.05, 4.69) is 17.4 Å². The number of likely N-dealkylation sites (N-methyl/N-ethyl adjacent to an activating group) is 1. The molecule has 20 heavy (non-hydrogen) atoms. The topological polar surface area (TPSA) is 32.3 Å². The van der Waals surface area contributed by atoms with Gasteiger partial charge in [-0.05, 0) is 29.3 Å². The first-order valence-electron chi connectivity index (χ1n) is 6.51. The zero-order valence-corrected chi connectivity index (χ0v) is 11.9. The third kappa shape index (κ3) is 2.30. The van der Waals surface area contributed by atoms with Crippen molar-refractivity contribution in [3.63, 3.8) is 0 Å². The highest BCUT2D eigenvalue weighted by Crippen LogP contribution is 2.34. The number of nitrogens with zero attached hydrogens (tertiary/aromatic N) is 1. The van der Waals surface area contributed by atoms with Gasteiger partial charge in [0.1, 0.15) is 0 Å². The Hall–Kier alpha value is -1.84. The van der Waals surface area contributed by atoms with Crippen molar-refractivity contribution in [1.82, 2.24) is 5.32 Å². The van der Waals surface area contributed by atoms with E-state index in [1.54, 1.807) is 11.9 Å². The summed E-state index contributed by atoms with van der Waals surface area (Å²) < 4.78 is 0. The Labute approximate surface area is 123 Å². The third-order valence-corrected chi connectivity index (χ3v) is 3.86. The lowest BCUT2D eigenvalue weighted by atomic mass is 9.97. The fourth-order valence-electron chi connectivity index (χ4n) is 2.56. The van der Waals surface area contributed by atoms with Crippen molar-refractivity contribution in [3.05, 3.63) is 64.7 Å². The lowest BCUT2D eigenvalue weighted by Gasteiger charge is -2.21. The largest absolute Gasteiger partial charge is 0.314 e. The highest BCUT2D eigenvalue weighted by molar-refractivity contribution is 6.30. The average Bonchev–Trinajstić information content (AvgIpc) is 2.58. The molecule has 0 fully saturated rings. The molecule has 0 aromatic heterocycles. The number of anilines is 1. The van der Waals surface area contributed by atoms with Crippen LogP contribution in [0.15, 0.2) is 48.5 Å². The zero-order valence-electron chi connectivity index (χ0n) is 11.1.